The van der Waals surface area contributed by atoms with Crippen LogP contribution in [0.15, 0.2) is 23.1 Å². The fourth-order valence-electron chi connectivity index (χ4n) is 1.62. The van der Waals surface area contributed by atoms with Gasteiger partial charge in [0.1, 0.15) is 0 Å². The van der Waals surface area contributed by atoms with Crippen LogP contribution in [0, 0.1) is 10.5 Å². The zero-order chi connectivity index (χ0) is 11.9. The predicted molar refractivity (Wildman–Crippen MR) is 66.4 cm³/mol. The number of aryl methyl sites for hydroxylation is 1. The lowest BCUT2D eigenvalue weighted by Gasteiger charge is -2.06. The van der Waals surface area contributed by atoms with Crippen molar-refractivity contribution in [3.05, 3.63) is 43.2 Å². The summed E-state index contributed by atoms with van der Waals surface area (Å²) in [5, 5.41) is 11.1. The first-order valence-corrected chi connectivity index (χ1v) is 5.61. The molecule has 0 saturated heterocycles. The molecule has 0 amide bonds. The minimum Gasteiger partial charge on any atom is -0.545 e. The Bertz CT molecular complexity index is 645. The second-order valence-electron chi connectivity index (χ2n) is 3.46. The van der Waals surface area contributed by atoms with Crippen molar-refractivity contribution in [3.8, 4) is 0 Å². The standard InChI is InChI=1S/C11H8INO3/c1-5-2-6(12)3-7-9(5)13-4-8(10(7)14)11(15)16/h2-4H,1H3,(H,13,14)(H,15,16)/p-1. The van der Waals surface area contributed by atoms with E-state index in [1.54, 1.807) is 6.07 Å². The molecule has 0 aliphatic carbocycles. The molecule has 82 valence electrons. The number of carboxylic acids is 1. The van der Waals surface area contributed by atoms with Crippen LogP contribution in [-0.4, -0.2) is 11.0 Å². The van der Waals surface area contributed by atoms with E-state index in [1.807, 2.05) is 13.0 Å². The van der Waals surface area contributed by atoms with Crippen LogP contribution in [0.1, 0.15) is 15.9 Å². The SMILES string of the molecule is Cc1cc(I)cc2c(=O)c(C(=O)[O-])c[nH]c12. The number of aromatic amines is 1. The number of H-pyrrole nitrogens is 1. The van der Waals surface area contributed by atoms with E-state index in [9.17, 15) is 14.7 Å². The van der Waals surface area contributed by atoms with Crippen molar-refractivity contribution in [2.45, 2.75) is 6.92 Å². The van der Waals surface area contributed by atoms with E-state index in [0.717, 1.165) is 9.13 Å². The van der Waals surface area contributed by atoms with Gasteiger partial charge < -0.3 is 14.9 Å². The van der Waals surface area contributed by atoms with Crippen molar-refractivity contribution in [1.82, 2.24) is 4.98 Å². The number of fused-ring (bicyclic) bond motifs is 1. The molecule has 1 heterocycles. The summed E-state index contributed by atoms with van der Waals surface area (Å²) >= 11 is 2.08. The molecule has 0 saturated carbocycles. The molecule has 1 aromatic carbocycles. The van der Waals surface area contributed by atoms with Gasteiger partial charge in [0, 0.05) is 15.2 Å². The number of aromatic nitrogens is 1. The Morgan fingerprint density at radius 2 is 2.12 bits per heavy atom. The van der Waals surface area contributed by atoms with Gasteiger partial charge in [0.25, 0.3) is 0 Å². The Labute approximate surface area is 104 Å². The van der Waals surface area contributed by atoms with Gasteiger partial charge in [-0.05, 0) is 47.2 Å². The van der Waals surface area contributed by atoms with E-state index >= 15 is 0 Å². The summed E-state index contributed by atoms with van der Waals surface area (Å²) in [6, 6.07) is 3.58. The van der Waals surface area contributed by atoms with E-state index in [2.05, 4.69) is 27.6 Å². The second kappa shape index (κ2) is 3.89. The molecular formula is C11H7INO3-. The van der Waals surface area contributed by atoms with Crippen LogP contribution in [0.25, 0.3) is 10.9 Å². The molecule has 1 N–H and O–H groups in total. The van der Waals surface area contributed by atoms with Crippen LogP contribution in [0.2, 0.25) is 0 Å². The maximum atomic E-state index is 11.8. The molecule has 5 heteroatoms. The van der Waals surface area contributed by atoms with Crippen LogP contribution in [-0.2, 0) is 0 Å². The van der Waals surface area contributed by atoms with Gasteiger partial charge in [0.05, 0.1) is 17.0 Å². The highest BCUT2D eigenvalue weighted by Crippen LogP contribution is 2.17. The quantitative estimate of drug-likeness (QED) is 0.787. The second-order valence-corrected chi connectivity index (χ2v) is 4.71. The summed E-state index contributed by atoms with van der Waals surface area (Å²) in [7, 11) is 0. The topological polar surface area (TPSA) is 73.0 Å². The largest absolute Gasteiger partial charge is 0.545 e. The molecular weight excluding hydrogens is 321 g/mol. The summed E-state index contributed by atoms with van der Waals surface area (Å²) in [6.07, 6.45) is 1.18. The van der Waals surface area contributed by atoms with Gasteiger partial charge >= 0.3 is 0 Å². The number of carboxylic acid groups (broad SMARTS) is 1. The Hall–Kier alpha value is -1.37. The van der Waals surface area contributed by atoms with Gasteiger partial charge in [-0.15, -0.1) is 0 Å². The molecule has 0 spiro atoms. The number of rotatable bonds is 1. The number of nitrogens with one attached hydrogen (secondary N) is 1. The Morgan fingerprint density at radius 3 is 2.75 bits per heavy atom. The Balaban J connectivity index is 2.95. The normalized spacial score (nSPS) is 10.6. The zero-order valence-electron chi connectivity index (χ0n) is 8.33. The third-order valence-electron chi connectivity index (χ3n) is 2.37. The monoisotopic (exact) mass is 328 g/mol. The molecule has 0 bridgehead atoms. The van der Waals surface area contributed by atoms with Crippen LogP contribution in [0.4, 0.5) is 0 Å². The van der Waals surface area contributed by atoms with E-state index in [-0.39, 0.29) is 5.56 Å². The lowest BCUT2D eigenvalue weighted by molar-refractivity contribution is -0.255. The summed E-state index contributed by atoms with van der Waals surface area (Å²) in [6.45, 7) is 1.86. The van der Waals surface area contributed by atoms with Gasteiger partial charge in [-0.3, -0.25) is 4.79 Å². The molecule has 1 aromatic heterocycles. The highest BCUT2D eigenvalue weighted by Gasteiger charge is 2.08. The Kier molecular flexibility index (Phi) is 2.71. The van der Waals surface area contributed by atoms with Gasteiger partial charge in [-0.25, -0.2) is 0 Å². The fraction of sp³-hybridized carbons (Fsp3) is 0.0909. The van der Waals surface area contributed by atoms with E-state index in [4.69, 9.17) is 0 Å². The first-order valence-electron chi connectivity index (χ1n) is 4.53. The summed E-state index contributed by atoms with van der Waals surface area (Å²) < 4.78 is 0.892. The van der Waals surface area contributed by atoms with Gasteiger partial charge in [0.15, 0.2) is 5.43 Å². The smallest absolute Gasteiger partial charge is 0.198 e. The molecule has 0 radical (unpaired) electrons. The van der Waals surface area contributed by atoms with Gasteiger partial charge in [-0.2, -0.15) is 0 Å². The lowest BCUT2D eigenvalue weighted by Crippen LogP contribution is -2.29. The maximum Gasteiger partial charge on any atom is 0.198 e. The van der Waals surface area contributed by atoms with Crippen molar-refractivity contribution in [2.24, 2.45) is 0 Å². The van der Waals surface area contributed by atoms with Crippen molar-refractivity contribution >= 4 is 39.5 Å². The molecule has 0 aliphatic heterocycles. The number of benzene rings is 1. The van der Waals surface area contributed by atoms with Crippen LogP contribution >= 0.6 is 22.6 Å². The first-order chi connectivity index (χ1) is 7.50. The fourth-order valence-corrected chi connectivity index (χ4v) is 2.40. The molecule has 0 aliphatic rings. The van der Waals surface area contributed by atoms with Crippen molar-refractivity contribution < 1.29 is 9.90 Å². The first kappa shape index (κ1) is 11.1. The summed E-state index contributed by atoms with van der Waals surface area (Å²) in [5.74, 6) is -1.46. The highest BCUT2D eigenvalue weighted by molar-refractivity contribution is 14.1. The molecule has 0 unspecified atom stereocenters. The number of halogens is 1. The van der Waals surface area contributed by atoms with E-state index in [1.165, 1.54) is 6.20 Å². The minimum atomic E-state index is -1.46. The molecule has 2 aromatic rings. The molecule has 0 fully saturated rings. The highest BCUT2D eigenvalue weighted by atomic mass is 127. The minimum absolute atomic E-state index is 0.339. The van der Waals surface area contributed by atoms with Crippen LogP contribution in [0.5, 0.6) is 0 Å². The maximum absolute atomic E-state index is 11.8. The molecule has 4 nitrogen and oxygen atoms in total. The van der Waals surface area contributed by atoms with Crippen molar-refractivity contribution in [1.29, 1.82) is 0 Å². The molecule has 2 rings (SSSR count). The summed E-state index contributed by atoms with van der Waals surface area (Å²) in [4.78, 5) is 25.3. The Morgan fingerprint density at radius 1 is 1.44 bits per heavy atom. The van der Waals surface area contributed by atoms with Gasteiger partial charge in [-0.1, -0.05) is 0 Å². The van der Waals surface area contributed by atoms with Crippen LogP contribution < -0.4 is 10.5 Å². The summed E-state index contributed by atoms with van der Waals surface area (Å²) in [5.41, 5.74) is 0.726. The lowest BCUT2D eigenvalue weighted by atomic mass is 10.1. The number of aromatic carboxylic acids is 1. The number of carbonyl (C=O) groups excluding carboxylic acids is 1. The zero-order valence-corrected chi connectivity index (χ0v) is 10.5. The molecule has 16 heavy (non-hydrogen) atoms. The third-order valence-corrected chi connectivity index (χ3v) is 2.99. The number of carbonyl (C=O) groups is 1. The average Bonchev–Trinajstić information content (AvgIpc) is 2.19. The van der Waals surface area contributed by atoms with Crippen LogP contribution in [0.3, 0.4) is 0 Å². The number of hydrogen-bond acceptors (Lipinski definition) is 3. The molecule has 0 atom stereocenters. The number of pyridine rings is 1. The average molecular weight is 328 g/mol. The van der Waals surface area contributed by atoms with Crippen molar-refractivity contribution in [3.63, 3.8) is 0 Å². The van der Waals surface area contributed by atoms with E-state index in [0.29, 0.717) is 10.9 Å². The third kappa shape index (κ3) is 1.71. The number of hydrogen-bond donors (Lipinski definition) is 1. The van der Waals surface area contributed by atoms with Gasteiger partial charge in [0.2, 0.25) is 0 Å². The van der Waals surface area contributed by atoms with E-state index < -0.39 is 11.4 Å². The van der Waals surface area contributed by atoms with Crippen molar-refractivity contribution in [2.75, 3.05) is 0 Å². The predicted octanol–water partition coefficient (Wildman–Crippen LogP) is 0.805.